The summed E-state index contributed by atoms with van der Waals surface area (Å²) in [5.74, 6) is 0.864. The molecule has 0 unspecified atom stereocenters. The van der Waals surface area contributed by atoms with Gasteiger partial charge in [0.1, 0.15) is 0 Å². The molecule has 24 heavy (non-hydrogen) atoms. The van der Waals surface area contributed by atoms with Gasteiger partial charge < -0.3 is 15.4 Å². The number of unbranched alkanes of at least 4 members (excludes halogenated alkanes) is 1. The number of ether oxygens (including phenoxy) is 1. The SMILES string of the molecule is CN=C(NCCCCN1CCOCC1)NCCc1cccc(Cl)c1. The molecule has 1 aliphatic rings. The first kappa shape index (κ1) is 19.0. The van der Waals surface area contributed by atoms with Crippen molar-refractivity contribution >= 4 is 17.6 Å². The Morgan fingerprint density at radius 1 is 1.21 bits per heavy atom. The molecule has 1 aromatic carbocycles. The summed E-state index contributed by atoms with van der Waals surface area (Å²) in [7, 11) is 1.81. The van der Waals surface area contributed by atoms with Gasteiger partial charge in [-0.1, -0.05) is 23.7 Å². The van der Waals surface area contributed by atoms with Crippen molar-refractivity contribution in [2.45, 2.75) is 19.3 Å². The molecule has 5 nitrogen and oxygen atoms in total. The fraction of sp³-hybridized carbons (Fsp3) is 0.611. The van der Waals surface area contributed by atoms with E-state index in [-0.39, 0.29) is 0 Å². The minimum Gasteiger partial charge on any atom is -0.379 e. The Labute approximate surface area is 150 Å². The molecule has 0 radical (unpaired) electrons. The van der Waals surface area contributed by atoms with E-state index in [1.54, 1.807) is 0 Å². The zero-order chi connectivity index (χ0) is 17.0. The van der Waals surface area contributed by atoms with Crippen LogP contribution >= 0.6 is 11.6 Å². The van der Waals surface area contributed by atoms with Crippen LogP contribution in [0.5, 0.6) is 0 Å². The predicted molar refractivity (Wildman–Crippen MR) is 101 cm³/mol. The van der Waals surface area contributed by atoms with Crippen LogP contribution in [0.25, 0.3) is 0 Å². The Bertz CT molecular complexity index is 504. The maximum Gasteiger partial charge on any atom is 0.190 e. The van der Waals surface area contributed by atoms with Crippen molar-refractivity contribution in [2.75, 3.05) is 53.0 Å². The number of rotatable bonds is 8. The molecule has 0 bridgehead atoms. The van der Waals surface area contributed by atoms with Crippen LogP contribution in [0.15, 0.2) is 29.3 Å². The van der Waals surface area contributed by atoms with Crippen LogP contribution in [-0.4, -0.2) is 63.8 Å². The van der Waals surface area contributed by atoms with Crippen LogP contribution < -0.4 is 10.6 Å². The normalized spacial score (nSPS) is 16.2. The Morgan fingerprint density at radius 2 is 2.00 bits per heavy atom. The Hall–Kier alpha value is -1.30. The molecule has 1 saturated heterocycles. The third kappa shape index (κ3) is 7.51. The molecule has 6 heteroatoms. The van der Waals surface area contributed by atoms with Crippen LogP contribution in [0.4, 0.5) is 0 Å². The maximum absolute atomic E-state index is 6.00. The van der Waals surface area contributed by atoms with E-state index >= 15 is 0 Å². The average Bonchev–Trinajstić information content (AvgIpc) is 2.61. The molecular weight excluding hydrogens is 324 g/mol. The van der Waals surface area contributed by atoms with Gasteiger partial charge in [-0.3, -0.25) is 9.89 Å². The van der Waals surface area contributed by atoms with Gasteiger partial charge in [0, 0.05) is 38.2 Å². The van der Waals surface area contributed by atoms with E-state index in [0.29, 0.717) is 0 Å². The number of guanidine groups is 1. The van der Waals surface area contributed by atoms with Gasteiger partial charge in [-0.15, -0.1) is 0 Å². The van der Waals surface area contributed by atoms with Gasteiger partial charge in [-0.2, -0.15) is 0 Å². The van der Waals surface area contributed by atoms with Crippen molar-refractivity contribution in [3.05, 3.63) is 34.9 Å². The van der Waals surface area contributed by atoms with Crippen LogP contribution in [0, 0.1) is 0 Å². The molecule has 1 aromatic rings. The first-order valence-electron chi connectivity index (χ1n) is 8.77. The van der Waals surface area contributed by atoms with Gasteiger partial charge in [-0.05, 0) is 43.5 Å². The quantitative estimate of drug-likeness (QED) is 0.427. The highest BCUT2D eigenvalue weighted by molar-refractivity contribution is 6.30. The highest BCUT2D eigenvalue weighted by atomic mass is 35.5. The van der Waals surface area contributed by atoms with E-state index in [9.17, 15) is 0 Å². The first-order chi connectivity index (χ1) is 11.8. The van der Waals surface area contributed by atoms with Crippen molar-refractivity contribution in [3.63, 3.8) is 0 Å². The number of nitrogens with zero attached hydrogens (tertiary/aromatic N) is 2. The highest BCUT2D eigenvalue weighted by Crippen LogP contribution is 2.10. The van der Waals surface area contributed by atoms with Crippen LogP contribution in [0.3, 0.4) is 0 Å². The Morgan fingerprint density at radius 3 is 2.75 bits per heavy atom. The molecule has 0 spiro atoms. The molecule has 1 aliphatic heterocycles. The van der Waals surface area contributed by atoms with E-state index in [1.165, 1.54) is 12.0 Å². The third-order valence-electron chi connectivity index (χ3n) is 4.12. The van der Waals surface area contributed by atoms with Crippen molar-refractivity contribution in [1.82, 2.24) is 15.5 Å². The first-order valence-corrected chi connectivity index (χ1v) is 9.15. The Kier molecular flexibility index (Phi) is 8.95. The second-order valence-corrected chi connectivity index (χ2v) is 6.40. The fourth-order valence-corrected chi connectivity index (χ4v) is 2.94. The molecular formula is C18H29ClN4O. The molecule has 1 heterocycles. The summed E-state index contributed by atoms with van der Waals surface area (Å²) in [5.41, 5.74) is 1.23. The average molecular weight is 353 g/mol. The number of benzene rings is 1. The predicted octanol–water partition coefficient (Wildman–Crippen LogP) is 2.16. The molecule has 1 fully saturated rings. The zero-order valence-corrected chi connectivity index (χ0v) is 15.3. The summed E-state index contributed by atoms with van der Waals surface area (Å²) in [6.07, 6.45) is 3.27. The smallest absolute Gasteiger partial charge is 0.190 e. The monoisotopic (exact) mass is 352 g/mol. The lowest BCUT2D eigenvalue weighted by atomic mass is 10.1. The van der Waals surface area contributed by atoms with Crippen LogP contribution in [0.2, 0.25) is 5.02 Å². The minimum atomic E-state index is 0.787. The molecule has 0 aliphatic carbocycles. The van der Waals surface area contributed by atoms with Gasteiger partial charge in [-0.25, -0.2) is 0 Å². The van der Waals surface area contributed by atoms with Crippen molar-refractivity contribution < 1.29 is 4.74 Å². The summed E-state index contributed by atoms with van der Waals surface area (Å²) >= 11 is 6.00. The summed E-state index contributed by atoms with van der Waals surface area (Å²) in [6.45, 7) is 6.84. The van der Waals surface area contributed by atoms with Crippen molar-refractivity contribution in [1.29, 1.82) is 0 Å². The topological polar surface area (TPSA) is 48.9 Å². The fourth-order valence-electron chi connectivity index (χ4n) is 2.73. The number of halogens is 1. The van der Waals surface area contributed by atoms with Crippen molar-refractivity contribution in [2.24, 2.45) is 4.99 Å². The second kappa shape index (κ2) is 11.3. The van der Waals surface area contributed by atoms with Crippen LogP contribution in [0.1, 0.15) is 18.4 Å². The molecule has 0 saturated carbocycles. The number of hydrogen-bond acceptors (Lipinski definition) is 3. The number of morpholine rings is 1. The number of nitrogens with one attached hydrogen (secondary N) is 2. The maximum atomic E-state index is 6.00. The lowest BCUT2D eigenvalue weighted by molar-refractivity contribution is 0.0372. The molecule has 0 atom stereocenters. The number of aliphatic imine (C=N–C) groups is 1. The molecule has 2 N–H and O–H groups in total. The molecule has 134 valence electrons. The van der Waals surface area contributed by atoms with Gasteiger partial charge in [0.25, 0.3) is 0 Å². The lowest BCUT2D eigenvalue weighted by Gasteiger charge is -2.26. The minimum absolute atomic E-state index is 0.787. The van der Waals surface area contributed by atoms with E-state index in [0.717, 1.165) is 69.8 Å². The van der Waals surface area contributed by atoms with Crippen LogP contribution in [-0.2, 0) is 11.2 Å². The van der Waals surface area contributed by atoms with Gasteiger partial charge >= 0.3 is 0 Å². The summed E-state index contributed by atoms with van der Waals surface area (Å²) < 4.78 is 5.36. The van der Waals surface area contributed by atoms with Crippen molar-refractivity contribution in [3.8, 4) is 0 Å². The number of hydrogen-bond donors (Lipinski definition) is 2. The molecule has 2 rings (SSSR count). The van der Waals surface area contributed by atoms with E-state index in [4.69, 9.17) is 16.3 Å². The lowest BCUT2D eigenvalue weighted by Crippen LogP contribution is -2.39. The van der Waals surface area contributed by atoms with E-state index < -0.39 is 0 Å². The highest BCUT2D eigenvalue weighted by Gasteiger charge is 2.09. The molecule has 0 amide bonds. The van der Waals surface area contributed by atoms with E-state index in [2.05, 4.69) is 26.6 Å². The summed E-state index contributed by atoms with van der Waals surface area (Å²) in [4.78, 5) is 6.74. The molecule has 0 aromatic heterocycles. The standard InChI is InChI=1S/C18H29ClN4O/c1-20-18(22-9-7-16-5-4-6-17(19)15-16)21-8-2-3-10-23-11-13-24-14-12-23/h4-6,15H,2-3,7-14H2,1H3,(H2,20,21,22). The largest absolute Gasteiger partial charge is 0.379 e. The van der Waals surface area contributed by atoms with Gasteiger partial charge in [0.05, 0.1) is 13.2 Å². The second-order valence-electron chi connectivity index (χ2n) is 5.97. The third-order valence-corrected chi connectivity index (χ3v) is 4.35. The van der Waals surface area contributed by atoms with Gasteiger partial charge in [0.15, 0.2) is 5.96 Å². The van der Waals surface area contributed by atoms with Gasteiger partial charge in [0.2, 0.25) is 0 Å². The summed E-state index contributed by atoms with van der Waals surface area (Å²) in [5, 5.41) is 7.51. The summed E-state index contributed by atoms with van der Waals surface area (Å²) in [6, 6.07) is 7.98. The van der Waals surface area contributed by atoms with E-state index in [1.807, 2.05) is 25.2 Å². The zero-order valence-electron chi connectivity index (χ0n) is 14.6. The Balaban J connectivity index is 1.53.